The highest BCUT2D eigenvalue weighted by atomic mass is 35.5. The molecule has 2 aromatic carbocycles. The van der Waals surface area contributed by atoms with Gasteiger partial charge >= 0.3 is 6.18 Å². The highest BCUT2D eigenvalue weighted by Crippen LogP contribution is 2.36. The lowest BCUT2D eigenvalue weighted by molar-refractivity contribution is -0.137. The largest absolute Gasteiger partial charge is 0.416 e. The van der Waals surface area contributed by atoms with Crippen molar-refractivity contribution in [3.8, 4) is 0 Å². The molecule has 0 saturated carbocycles. The molecule has 2 aromatic rings. The van der Waals surface area contributed by atoms with Gasteiger partial charge in [0.1, 0.15) is 5.25 Å². The van der Waals surface area contributed by atoms with E-state index in [1.807, 2.05) is 32.0 Å². The van der Waals surface area contributed by atoms with E-state index in [0.717, 1.165) is 46.8 Å². The molecule has 1 atom stereocenters. The zero-order valence-electron chi connectivity index (χ0n) is 17.9. The number of halogens is 4. The second-order valence-corrected chi connectivity index (χ2v) is 9.00. The molecule has 0 bridgehead atoms. The molecule has 1 saturated heterocycles. The van der Waals surface area contributed by atoms with Gasteiger partial charge in [-0.1, -0.05) is 47.6 Å². The number of benzene rings is 2. The van der Waals surface area contributed by atoms with Crippen LogP contribution in [0.2, 0.25) is 5.02 Å². The number of anilines is 1. The van der Waals surface area contributed by atoms with E-state index >= 15 is 0 Å². The Kier molecular flexibility index (Phi) is 7.54. The molecular formula is C23H21ClF3N3O2S. The summed E-state index contributed by atoms with van der Waals surface area (Å²) in [6, 6.07) is 8.40. The van der Waals surface area contributed by atoms with Crippen LogP contribution in [0.1, 0.15) is 23.1 Å². The molecular weight excluding hydrogens is 475 g/mol. The lowest BCUT2D eigenvalue weighted by atomic mass is 10.1. The lowest BCUT2D eigenvalue weighted by Gasteiger charge is -2.15. The second kappa shape index (κ2) is 10.0. The van der Waals surface area contributed by atoms with Crippen LogP contribution >= 0.6 is 23.4 Å². The van der Waals surface area contributed by atoms with Crippen LogP contribution in [-0.4, -0.2) is 33.7 Å². The number of amidine groups is 1. The van der Waals surface area contributed by atoms with Crippen molar-refractivity contribution in [2.45, 2.75) is 31.7 Å². The van der Waals surface area contributed by atoms with Gasteiger partial charge in [-0.15, -0.1) is 6.58 Å². The molecule has 1 heterocycles. The Balaban J connectivity index is 1.80. The molecule has 1 fully saturated rings. The van der Waals surface area contributed by atoms with Crippen LogP contribution in [0.25, 0.3) is 0 Å². The number of alkyl halides is 3. The summed E-state index contributed by atoms with van der Waals surface area (Å²) in [5, 5.41) is 2.01. The maximum absolute atomic E-state index is 13.0. The maximum Gasteiger partial charge on any atom is 0.416 e. The molecule has 33 heavy (non-hydrogen) atoms. The monoisotopic (exact) mass is 495 g/mol. The summed E-state index contributed by atoms with van der Waals surface area (Å²) >= 11 is 7.08. The van der Waals surface area contributed by atoms with Gasteiger partial charge in [0.2, 0.25) is 11.8 Å². The summed E-state index contributed by atoms with van der Waals surface area (Å²) in [6.45, 7) is 7.71. The summed E-state index contributed by atoms with van der Waals surface area (Å²) < 4.78 is 38.9. The van der Waals surface area contributed by atoms with Crippen molar-refractivity contribution in [1.82, 2.24) is 4.90 Å². The molecule has 3 rings (SSSR count). The van der Waals surface area contributed by atoms with E-state index in [4.69, 9.17) is 11.6 Å². The van der Waals surface area contributed by atoms with Gasteiger partial charge in [0.15, 0.2) is 5.17 Å². The minimum absolute atomic E-state index is 0.0349. The first-order chi connectivity index (χ1) is 15.5. The van der Waals surface area contributed by atoms with Crippen molar-refractivity contribution < 1.29 is 22.8 Å². The molecule has 2 amide bonds. The van der Waals surface area contributed by atoms with Crippen LogP contribution in [0, 0.1) is 13.8 Å². The van der Waals surface area contributed by atoms with Crippen molar-refractivity contribution in [2.75, 3.05) is 11.9 Å². The van der Waals surface area contributed by atoms with Gasteiger partial charge in [-0.05, 0) is 43.2 Å². The Morgan fingerprint density at radius 1 is 1.27 bits per heavy atom. The van der Waals surface area contributed by atoms with E-state index in [1.165, 1.54) is 4.90 Å². The second-order valence-electron chi connectivity index (χ2n) is 7.42. The van der Waals surface area contributed by atoms with Crippen LogP contribution in [0.15, 0.2) is 54.0 Å². The number of nitrogens with zero attached hydrogens (tertiary/aromatic N) is 2. The Morgan fingerprint density at radius 3 is 2.55 bits per heavy atom. The fourth-order valence-corrected chi connectivity index (χ4v) is 4.58. The van der Waals surface area contributed by atoms with E-state index in [-0.39, 0.29) is 29.6 Å². The molecule has 1 unspecified atom stereocenters. The predicted molar refractivity (Wildman–Crippen MR) is 126 cm³/mol. The zero-order valence-corrected chi connectivity index (χ0v) is 19.4. The summed E-state index contributed by atoms with van der Waals surface area (Å²) in [5.74, 6) is -0.955. The molecule has 0 radical (unpaired) electrons. The third kappa shape index (κ3) is 5.78. The van der Waals surface area contributed by atoms with E-state index in [1.54, 1.807) is 6.08 Å². The molecule has 174 valence electrons. The van der Waals surface area contributed by atoms with Crippen LogP contribution in [0.3, 0.4) is 0 Å². The smallest absolute Gasteiger partial charge is 0.325 e. The third-order valence-corrected chi connectivity index (χ3v) is 6.42. The average molecular weight is 496 g/mol. The third-order valence-electron chi connectivity index (χ3n) is 4.92. The summed E-state index contributed by atoms with van der Waals surface area (Å²) in [5.41, 5.74) is 1.51. The number of carbonyl (C=O) groups excluding carboxylic acids is 2. The van der Waals surface area contributed by atoms with Crippen molar-refractivity contribution in [1.29, 1.82) is 0 Å². The highest BCUT2D eigenvalue weighted by Gasteiger charge is 2.39. The van der Waals surface area contributed by atoms with Gasteiger partial charge < -0.3 is 5.32 Å². The lowest BCUT2D eigenvalue weighted by Crippen LogP contribution is -2.33. The first-order valence-electron chi connectivity index (χ1n) is 9.91. The summed E-state index contributed by atoms with van der Waals surface area (Å²) in [4.78, 5) is 31.6. The molecule has 5 nitrogen and oxygen atoms in total. The molecule has 0 spiro atoms. The molecule has 1 aliphatic rings. The number of thioether (sulfide) groups is 1. The van der Waals surface area contributed by atoms with Crippen LogP contribution < -0.4 is 5.32 Å². The molecule has 0 aliphatic carbocycles. The van der Waals surface area contributed by atoms with E-state index in [2.05, 4.69) is 16.9 Å². The predicted octanol–water partition coefficient (Wildman–Crippen LogP) is 6.12. The topological polar surface area (TPSA) is 61.8 Å². The van der Waals surface area contributed by atoms with E-state index < -0.39 is 22.9 Å². The van der Waals surface area contributed by atoms with Gasteiger partial charge in [-0.2, -0.15) is 13.2 Å². The Bertz CT molecular complexity index is 1110. The molecule has 0 aromatic heterocycles. The van der Waals surface area contributed by atoms with Crippen LogP contribution in [0.5, 0.6) is 0 Å². The van der Waals surface area contributed by atoms with Crippen molar-refractivity contribution in [2.24, 2.45) is 4.99 Å². The van der Waals surface area contributed by atoms with Gasteiger partial charge in [0.25, 0.3) is 0 Å². The van der Waals surface area contributed by atoms with Crippen LogP contribution in [-0.2, 0) is 15.8 Å². The number of amides is 2. The van der Waals surface area contributed by atoms with Crippen molar-refractivity contribution in [3.63, 3.8) is 0 Å². The van der Waals surface area contributed by atoms with Gasteiger partial charge in [-0.25, -0.2) is 4.99 Å². The summed E-state index contributed by atoms with van der Waals surface area (Å²) in [7, 11) is 0. The Labute approximate surface area is 198 Å². The minimum atomic E-state index is -4.58. The highest BCUT2D eigenvalue weighted by molar-refractivity contribution is 8.15. The van der Waals surface area contributed by atoms with Crippen molar-refractivity contribution in [3.05, 3.63) is 70.8 Å². The number of aryl methyl sites for hydroxylation is 2. The first kappa shape index (κ1) is 24.9. The summed E-state index contributed by atoms with van der Waals surface area (Å²) in [6.07, 6.45) is -3.27. The zero-order chi connectivity index (χ0) is 24.3. The number of nitrogens with one attached hydrogen (secondary N) is 1. The number of aliphatic imine (C=N–C) groups is 1. The first-order valence-corrected chi connectivity index (χ1v) is 11.2. The minimum Gasteiger partial charge on any atom is -0.325 e. The number of carbonyl (C=O) groups is 2. The number of rotatable bonds is 6. The normalized spacial score (nSPS) is 17.5. The van der Waals surface area contributed by atoms with Gasteiger partial charge in [0, 0.05) is 13.0 Å². The number of hydrogen-bond acceptors (Lipinski definition) is 4. The molecule has 1 N–H and O–H groups in total. The Hall–Kier alpha value is -2.78. The van der Waals surface area contributed by atoms with Crippen LogP contribution in [0.4, 0.5) is 24.5 Å². The Morgan fingerprint density at radius 2 is 1.94 bits per heavy atom. The van der Waals surface area contributed by atoms with Gasteiger partial charge in [0.05, 0.1) is 22.0 Å². The maximum atomic E-state index is 13.0. The standard InChI is InChI=1S/C23H21ClF3N3O2S/c1-4-10-30-21(32)18(33-22(30)29-20-13(2)6-5-7-14(20)3)12-19(31)28-17-11-15(23(25,26)27)8-9-16(17)24/h4-9,11,18H,1,10,12H2,2-3H3,(H,28,31). The van der Waals surface area contributed by atoms with Gasteiger partial charge in [-0.3, -0.25) is 14.5 Å². The SMILES string of the molecule is C=CCN1C(=O)C(CC(=O)Nc2cc(C(F)(F)F)ccc2Cl)SC1=Nc1c(C)cccc1C. The van der Waals surface area contributed by atoms with E-state index in [9.17, 15) is 22.8 Å². The number of para-hydroxylation sites is 1. The number of hydrogen-bond donors (Lipinski definition) is 1. The van der Waals surface area contributed by atoms with E-state index in [0.29, 0.717) is 5.17 Å². The molecule has 1 aliphatic heterocycles. The quantitative estimate of drug-likeness (QED) is 0.491. The average Bonchev–Trinajstić information content (AvgIpc) is 3.00. The fraction of sp³-hybridized carbons (Fsp3) is 0.261. The molecule has 10 heteroatoms. The van der Waals surface area contributed by atoms with Crippen molar-refractivity contribution >= 4 is 51.7 Å². The fourth-order valence-electron chi connectivity index (χ4n) is 3.27.